The smallest absolute Gasteiger partial charge is 0.123 e. The summed E-state index contributed by atoms with van der Waals surface area (Å²) in [5, 5.41) is 2.09. The van der Waals surface area contributed by atoms with Crippen molar-refractivity contribution in [3.63, 3.8) is 0 Å². The minimum absolute atomic E-state index is 0.239. The Labute approximate surface area is 117 Å². The van der Waals surface area contributed by atoms with E-state index in [-0.39, 0.29) is 5.82 Å². The molecule has 1 aromatic heterocycles. The van der Waals surface area contributed by atoms with Crippen molar-refractivity contribution in [3.05, 3.63) is 52.5 Å². The molecule has 0 aliphatic rings. The van der Waals surface area contributed by atoms with Crippen molar-refractivity contribution in [2.24, 2.45) is 0 Å². The van der Waals surface area contributed by atoms with Gasteiger partial charge in [-0.05, 0) is 49.8 Å². The van der Waals surface area contributed by atoms with Gasteiger partial charge >= 0.3 is 0 Å². The molecule has 1 aromatic carbocycles. The summed E-state index contributed by atoms with van der Waals surface area (Å²) in [5.74, 6) is 0.474. The van der Waals surface area contributed by atoms with Crippen LogP contribution < -0.4 is 4.74 Å². The second-order valence-electron chi connectivity index (χ2n) is 4.59. The van der Waals surface area contributed by atoms with E-state index in [1.54, 1.807) is 23.5 Å². The van der Waals surface area contributed by atoms with Crippen LogP contribution in [0.4, 0.5) is 4.39 Å². The van der Waals surface area contributed by atoms with Crippen LogP contribution in [-0.2, 0) is 0 Å². The average Bonchev–Trinajstić information content (AvgIpc) is 2.90. The Kier molecular flexibility index (Phi) is 4.93. The van der Waals surface area contributed by atoms with Crippen molar-refractivity contribution in [1.82, 2.24) is 4.90 Å². The molecule has 0 amide bonds. The Morgan fingerprint density at radius 1 is 1.21 bits per heavy atom. The highest BCUT2D eigenvalue weighted by atomic mass is 32.1. The van der Waals surface area contributed by atoms with Crippen molar-refractivity contribution in [3.8, 4) is 5.75 Å². The Hall–Kier alpha value is -1.39. The number of rotatable bonds is 6. The van der Waals surface area contributed by atoms with Crippen LogP contribution in [0.1, 0.15) is 17.3 Å². The summed E-state index contributed by atoms with van der Waals surface area (Å²) in [6.07, 6.45) is 0.908. The second kappa shape index (κ2) is 6.68. The summed E-state index contributed by atoms with van der Waals surface area (Å²) in [4.78, 5) is 3.53. The molecule has 2 aromatic rings. The van der Waals surface area contributed by atoms with Crippen LogP contribution in [0.3, 0.4) is 0 Å². The van der Waals surface area contributed by atoms with E-state index >= 15 is 0 Å². The Morgan fingerprint density at radius 3 is 2.53 bits per heavy atom. The molecule has 2 rings (SSSR count). The lowest BCUT2D eigenvalue weighted by molar-refractivity contribution is 0.226. The van der Waals surface area contributed by atoms with E-state index in [1.165, 1.54) is 17.0 Å². The fourth-order valence-electron chi connectivity index (χ4n) is 1.96. The van der Waals surface area contributed by atoms with E-state index in [1.807, 2.05) is 0 Å². The minimum atomic E-state index is -0.239. The molecule has 0 fully saturated rings. The predicted octanol–water partition coefficient (Wildman–Crippen LogP) is 3.96. The molecule has 1 unspecified atom stereocenters. The number of hydrogen-bond acceptors (Lipinski definition) is 3. The Balaban J connectivity index is 1.88. The molecule has 0 radical (unpaired) electrons. The number of ether oxygens (including phenoxy) is 1. The molecule has 102 valence electrons. The minimum Gasteiger partial charge on any atom is -0.494 e. The molecule has 0 saturated carbocycles. The SMILES string of the molecule is CN(C)C(CCOc1ccc(F)cc1)c1cccs1. The van der Waals surface area contributed by atoms with Gasteiger partial charge in [-0.15, -0.1) is 11.3 Å². The maximum Gasteiger partial charge on any atom is 0.123 e. The number of thiophene rings is 1. The largest absolute Gasteiger partial charge is 0.494 e. The summed E-state index contributed by atoms with van der Waals surface area (Å²) < 4.78 is 18.4. The summed E-state index contributed by atoms with van der Waals surface area (Å²) in [7, 11) is 4.14. The van der Waals surface area contributed by atoms with Crippen LogP contribution in [0.25, 0.3) is 0 Å². The highest BCUT2D eigenvalue weighted by molar-refractivity contribution is 7.10. The Morgan fingerprint density at radius 2 is 1.95 bits per heavy atom. The first-order valence-electron chi connectivity index (χ1n) is 6.25. The third-order valence-electron chi connectivity index (χ3n) is 2.97. The van der Waals surface area contributed by atoms with E-state index < -0.39 is 0 Å². The molecule has 0 N–H and O–H groups in total. The van der Waals surface area contributed by atoms with Gasteiger partial charge in [-0.2, -0.15) is 0 Å². The van der Waals surface area contributed by atoms with Crippen LogP contribution in [0.2, 0.25) is 0 Å². The van der Waals surface area contributed by atoms with Crippen LogP contribution in [0.15, 0.2) is 41.8 Å². The normalized spacial score (nSPS) is 12.6. The van der Waals surface area contributed by atoms with Crippen LogP contribution in [0, 0.1) is 5.82 Å². The summed E-state index contributed by atoms with van der Waals surface area (Å²) in [6.45, 7) is 0.617. The molecule has 4 heteroatoms. The van der Waals surface area contributed by atoms with E-state index in [0.29, 0.717) is 18.4 Å². The van der Waals surface area contributed by atoms with Crippen molar-refractivity contribution >= 4 is 11.3 Å². The number of benzene rings is 1. The van der Waals surface area contributed by atoms with Gasteiger partial charge in [-0.25, -0.2) is 4.39 Å². The van der Waals surface area contributed by atoms with Gasteiger partial charge in [-0.1, -0.05) is 6.07 Å². The zero-order valence-electron chi connectivity index (χ0n) is 11.2. The van der Waals surface area contributed by atoms with Gasteiger partial charge in [0, 0.05) is 17.3 Å². The topological polar surface area (TPSA) is 12.5 Å². The Bertz CT molecular complexity index is 481. The van der Waals surface area contributed by atoms with E-state index in [9.17, 15) is 4.39 Å². The zero-order chi connectivity index (χ0) is 13.7. The lowest BCUT2D eigenvalue weighted by atomic mass is 10.1. The average molecular weight is 279 g/mol. The number of hydrogen-bond donors (Lipinski definition) is 0. The molecular weight excluding hydrogens is 261 g/mol. The van der Waals surface area contributed by atoms with E-state index in [4.69, 9.17) is 4.74 Å². The summed E-state index contributed by atoms with van der Waals surface area (Å²) in [6, 6.07) is 10.7. The van der Waals surface area contributed by atoms with Crippen molar-refractivity contribution in [2.45, 2.75) is 12.5 Å². The zero-order valence-corrected chi connectivity index (χ0v) is 12.0. The first-order chi connectivity index (χ1) is 9.16. The maximum absolute atomic E-state index is 12.8. The lowest BCUT2D eigenvalue weighted by Crippen LogP contribution is -2.21. The third kappa shape index (κ3) is 4.04. The molecule has 1 heterocycles. The van der Waals surface area contributed by atoms with E-state index in [0.717, 1.165) is 6.42 Å². The molecule has 0 aliphatic carbocycles. The monoisotopic (exact) mass is 279 g/mol. The first kappa shape index (κ1) is 14.0. The molecule has 0 spiro atoms. The highest BCUT2D eigenvalue weighted by Crippen LogP contribution is 2.26. The van der Waals surface area contributed by atoms with Gasteiger partial charge in [0.2, 0.25) is 0 Å². The van der Waals surface area contributed by atoms with Crippen molar-refractivity contribution in [2.75, 3.05) is 20.7 Å². The standard InChI is InChI=1S/C15H18FNOS/c1-17(2)14(15-4-3-11-19-15)9-10-18-13-7-5-12(16)6-8-13/h3-8,11,14H,9-10H2,1-2H3. The first-order valence-corrected chi connectivity index (χ1v) is 7.13. The van der Waals surface area contributed by atoms with Gasteiger partial charge < -0.3 is 9.64 Å². The van der Waals surface area contributed by atoms with Gasteiger partial charge in [0.05, 0.1) is 6.61 Å². The number of halogens is 1. The fraction of sp³-hybridized carbons (Fsp3) is 0.333. The van der Waals surface area contributed by atoms with Crippen LogP contribution in [0.5, 0.6) is 5.75 Å². The third-order valence-corrected chi connectivity index (χ3v) is 3.94. The molecule has 0 saturated heterocycles. The molecular formula is C15H18FNOS. The predicted molar refractivity (Wildman–Crippen MR) is 77.3 cm³/mol. The van der Waals surface area contributed by atoms with Crippen molar-refractivity contribution in [1.29, 1.82) is 0 Å². The maximum atomic E-state index is 12.8. The van der Waals surface area contributed by atoms with Gasteiger partial charge in [0.25, 0.3) is 0 Å². The molecule has 19 heavy (non-hydrogen) atoms. The molecule has 2 nitrogen and oxygen atoms in total. The highest BCUT2D eigenvalue weighted by Gasteiger charge is 2.14. The lowest BCUT2D eigenvalue weighted by Gasteiger charge is -2.23. The van der Waals surface area contributed by atoms with Crippen molar-refractivity contribution < 1.29 is 9.13 Å². The molecule has 0 bridgehead atoms. The fourth-order valence-corrected chi connectivity index (χ4v) is 2.91. The summed E-state index contributed by atoms with van der Waals surface area (Å²) >= 11 is 1.76. The van der Waals surface area contributed by atoms with E-state index in [2.05, 4.69) is 36.5 Å². The van der Waals surface area contributed by atoms with Gasteiger partial charge in [0.15, 0.2) is 0 Å². The second-order valence-corrected chi connectivity index (χ2v) is 5.57. The quantitative estimate of drug-likeness (QED) is 0.793. The van der Waals surface area contributed by atoms with Gasteiger partial charge in [-0.3, -0.25) is 0 Å². The molecule has 0 aliphatic heterocycles. The van der Waals surface area contributed by atoms with Gasteiger partial charge in [0.1, 0.15) is 11.6 Å². The summed E-state index contributed by atoms with van der Waals surface area (Å²) in [5.41, 5.74) is 0. The van der Waals surface area contributed by atoms with Crippen LogP contribution in [-0.4, -0.2) is 25.6 Å². The number of nitrogens with zero attached hydrogens (tertiary/aromatic N) is 1. The van der Waals surface area contributed by atoms with Crippen LogP contribution >= 0.6 is 11.3 Å². The molecule has 1 atom stereocenters.